The highest BCUT2D eigenvalue weighted by molar-refractivity contribution is 5.61. The van der Waals surface area contributed by atoms with E-state index in [0.29, 0.717) is 0 Å². The molecule has 0 unspecified atom stereocenters. The van der Waals surface area contributed by atoms with Crippen molar-refractivity contribution in [3.8, 4) is 0 Å². The van der Waals surface area contributed by atoms with Crippen LogP contribution in [0.4, 0.5) is 4.79 Å². The first-order valence-corrected chi connectivity index (χ1v) is 6.96. The fourth-order valence-corrected chi connectivity index (χ4v) is 1.36. The van der Waals surface area contributed by atoms with Gasteiger partial charge in [-0.15, -0.1) is 0 Å². The van der Waals surface area contributed by atoms with Gasteiger partial charge in [-0.1, -0.05) is 52.4 Å². The average molecular weight is 259 g/mol. The third-order valence-electron chi connectivity index (χ3n) is 2.32. The van der Waals surface area contributed by atoms with Gasteiger partial charge in [-0.25, -0.2) is 4.79 Å². The molecule has 0 spiro atoms. The molecule has 5 nitrogen and oxygen atoms in total. The molecule has 108 valence electrons. The smallest absolute Gasteiger partial charge is 0.402 e. The lowest BCUT2D eigenvalue weighted by molar-refractivity contribution is 0.205. The molecule has 0 rings (SSSR count). The predicted octanol–water partition coefficient (Wildman–Crippen LogP) is 4.22. The van der Waals surface area contributed by atoms with Gasteiger partial charge in [0.05, 0.1) is 13.1 Å². The van der Waals surface area contributed by atoms with E-state index in [9.17, 15) is 0 Å². The van der Waals surface area contributed by atoms with Crippen LogP contribution in [0.3, 0.4) is 0 Å². The molecule has 0 aromatic carbocycles. The summed E-state index contributed by atoms with van der Waals surface area (Å²) in [4.78, 5) is 8.78. The molecular formula is C13H29N3O2. The van der Waals surface area contributed by atoms with E-state index in [1.165, 1.54) is 51.4 Å². The molecular weight excluding hydrogens is 230 g/mol. The maximum Gasteiger partial charge on any atom is 0.402 e. The summed E-state index contributed by atoms with van der Waals surface area (Å²) in [5, 5.41) is 15.5. The van der Waals surface area contributed by atoms with Crippen LogP contribution in [0.5, 0.6) is 0 Å². The number of nitrogens with zero attached hydrogens (tertiary/aromatic N) is 2. The SMILES string of the molecule is CCCCCCN=NCCCCCC.NC(=O)O. The number of rotatable bonds is 10. The lowest BCUT2D eigenvalue weighted by Crippen LogP contribution is -2.03. The second-order valence-electron chi connectivity index (χ2n) is 4.19. The van der Waals surface area contributed by atoms with Gasteiger partial charge in [-0.2, -0.15) is 10.2 Å². The van der Waals surface area contributed by atoms with Gasteiger partial charge < -0.3 is 10.8 Å². The van der Waals surface area contributed by atoms with Crippen LogP contribution in [0, 0.1) is 0 Å². The van der Waals surface area contributed by atoms with E-state index in [4.69, 9.17) is 9.90 Å². The summed E-state index contributed by atoms with van der Waals surface area (Å²) in [5.41, 5.74) is 4.03. The molecule has 18 heavy (non-hydrogen) atoms. The van der Waals surface area contributed by atoms with Gasteiger partial charge in [-0.3, -0.25) is 0 Å². The Hall–Kier alpha value is -1.13. The number of unbranched alkanes of at least 4 members (excludes halogenated alkanes) is 6. The first kappa shape index (κ1) is 19.2. The van der Waals surface area contributed by atoms with Crippen LogP contribution in [-0.4, -0.2) is 24.3 Å². The van der Waals surface area contributed by atoms with Crippen molar-refractivity contribution >= 4 is 6.09 Å². The van der Waals surface area contributed by atoms with Crippen LogP contribution in [0.15, 0.2) is 10.2 Å². The summed E-state index contributed by atoms with van der Waals surface area (Å²) < 4.78 is 0. The Bertz CT molecular complexity index is 179. The average Bonchev–Trinajstić information content (AvgIpc) is 2.31. The van der Waals surface area contributed by atoms with Crippen LogP contribution in [0.25, 0.3) is 0 Å². The van der Waals surface area contributed by atoms with Crippen LogP contribution in [0.2, 0.25) is 0 Å². The Balaban J connectivity index is 0. The predicted molar refractivity (Wildman–Crippen MR) is 75.1 cm³/mol. The Morgan fingerprint density at radius 1 is 0.889 bits per heavy atom. The molecule has 0 aliphatic rings. The van der Waals surface area contributed by atoms with Crippen LogP contribution in [0.1, 0.15) is 65.2 Å². The number of carbonyl (C=O) groups is 1. The standard InChI is InChI=1S/C12H26N2.CH3NO2/c1-3-5-7-9-11-13-14-12-10-8-6-4-2;2-1(3)4/h3-12H2,1-2H3;2H2,(H,3,4). The van der Waals surface area contributed by atoms with Crippen molar-refractivity contribution in [2.75, 3.05) is 13.1 Å². The van der Waals surface area contributed by atoms with Crippen molar-refractivity contribution < 1.29 is 9.90 Å². The summed E-state index contributed by atoms with van der Waals surface area (Å²) in [6.07, 6.45) is 9.00. The van der Waals surface area contributed by atoms with Crippen LogP contribution >= 0.6 is 0 Å². The van der Waals surface area contributed by atoms with E-state index < -0.39 is 6.09 Å². The van der Waals surface area contributed by atoms with Crippen molar-refractivity contribution in [1.82, 2.24) is 0 Å². The summed E-state index contributed by atoms with van der Waals surface area (Å²) in [7, 11) is 0. The summed E-state index contributed by atoms with van der Waals surface area (Å²) in [6.45, 7) is 6.34. The fraction of sp³-hybridized carbons (Fsp3) is 0.923. The maximum atomic E-state index is 8.78. The first-order valence-electron chi connectivity index (χ1n) is 6.96. The maximum absolute atomic E-state index is 8.78. The molecule has 0 saturated heterocycles. The molecule has 3 N–H and O–H groups in total. The molecule has 0 aromatic rings. The van der Waals surface area contributed by atoms with Gasteiger partial charge in [0.1, 0.15) is 0 Å². The molecule has 5 heteroatoms. The number of nitrogens with two attached hydrogens (primary N) is 1. The van der Waals surface area contributed by atoms with Crippen molar-refractivity contribution in [3.05, 3.63) is 0 Å². The van der Waals surface area contributed by atoms with E-state index in [-0.39, 0.29) is 0 Å². The lowest BCUT2D eigenvalue weighted by atomic mass is 10.2. The van der Waals surface area contributed by atoms with Crippen molar-refractivity contribution in [2.24, 2.45) is 16.0 Å². The van der Waals surface area contributed by atoms with Gasteiger partial charge in [0.25, 0.3) is 0 Å². The second-order valence-corrected chi connectivity index (χ2v) is 4.19. The molecule has 0 saturated carbocycles. The zero-order valence-electron chi connectivity index (χ0n) is 11.9. The minimum Gasteiger partial charge on any atom is -0.465 e. The van der Waals surface area contributed by atoms with E-state index in [2.05, 4.69) is 29.8 Å². The zero-order valence-corrected chi connectivity index (χ0v) is 11.9. The first-order chi connectivity index (χ1) is 8.65. The van der Waals surface area contributed by atoms with Gasteiger partial charge in [0.15, 0.2) is 0 Å². The number of amides is 1. The zero-order chi connectivity index (χ0) is 14.1. The topological polar surface area (TPSA) is 88.0 Å². The van der Waals surface area contributed by atoms with Gasteiger partial charge in [-0.05, 0) is 12.8 Å². The Labute approximate surface area is 111 Å². The molecule has 0 aliphatic carbocycles. The lowest BCUT2D eigenvalue weighted by Gasteiger charge is -1.95. The van der Waals surface area contributed by atoms with E-state index in [1.54, 1.807) is 0 Å². The number of carboxylic acid groups (broad SMARTS) is 1. The number of azo groups is 1. The fourth-order valence-electron chi connectivity index (χ4n) is 1.36. The monoisotopic (exact) mass is 259 g/mol. The van der Waals surface area contributed by atoms with Crippen molar-refractivity contribution in [3.63, 3.8) is 0 Å². The Morgan fingerprint density at radius 3 is 1.50 bits per heavy atom. The second kappa shape index (κ2) is 18.2. The molecule has 0 radical (unpaired) electrons. The summed E-state index contributed by atoms with van der Waals surface area (Å²) >= 11 is 0. The van der Waals surface area contributed by atoms with E-state index in [0.717, 1.165) is 13.1 Å². The Morgan fingerprint density at radius 2 is 1.22 bits per heavy atom. The molecule has 0 heterocycles. The summed E-state index contributed by atoms with van der Waals surface area (Å²) in [6, 6.07) is 0. The molecule has 0 fully saturated rings. The summed E-state index contributed by atoms with van der Waals surface area (Å²) in [5.74, 6) is 0. The Kier molecular flexibility index (Phi) is 19.5. The molecule has 0 aliphatic heterocycles. The third-order valence-corrected chi connectivity index (χ3v) is 2.32. The molecule has 0 bridgehead atoms. The van der Waals surface area contributed by atoms with Gasteiger partial charge >= 0.3 is 6.09 Å². The number of hydrogen-bond acceptors (Lipinski definition) is 3. The van der Waals surface area contributed by atoms with Crippen molar-refractivity contribution in [2.45, 2.75) is 65.2 Å². The van der Waals surface area contributed by atoms with Crippen molar-refractivity contribution in [1.29, 1.82) is 0 Å². The van der Waals surface area contributed by atoms with Crippen LogP contribution < -0.4 is 5.73 Å². The highest BCUT2D eigenvalue weighted by Crippen LogP contribution is 2.00. The minimum atomic E-state index is -1.33. The van der Waals surface area contributed by atoms with E-state index >= 15 is 0 Å². The van der Waals surface area contributed by atoms with E-state index in [1.807, 2.05) is 0 Å². The molecule has 0 aromatic heterocycles. The molecule has 0 atom stereocenters. The highest BCUT2D eigenvalue weighted by atomic mass is 16.4. The van der Waals surface area contributed by atoms with Crippen LogP contribution in [-0.2, 0) is 0 Å². The highest BCUT2D eigenvalue weighted by Gasteiger charge is 1.87. The third kappa shape index (κ3) is 29.4. The largest absolute Gasteiger partial charge is 0.465 e. The molecule has 1 amide bonds. The minimum absolute atomic E-state index is 0.938. The normalized spacial score (nSPS) is 10.1. The van der Waals surface area contributed by atoms with Gasteiger partial charge in [0, 0.05) is 0 Å². The number of primary amides is 1. The van der Waals surface area contributed by atoms with Gasteiger partial charge in [0.2, 0.25) is 0 Å². The number of hydrogen-bond donors (Lipinski definition) is 2. The quantitative estimate of drug-likeness (QED) is 0.454.